The number of hydrogen-bond donors (Lipinski definition) is 1. The van der Waals surface area contributed by atoms with Crippen molar-refractivity contribution < 1.29 is 13.5 Å². The molecule has 76 valence electrons. The van der Waals surface area contributed by atoms with Crippen LogP contribution in [0.4, 0.5) is 0 Å². The molecule has 0 saturated carbocycles. The second-order valence-corrected chi connectivity index (χ2v) is 6.00. The molecule has 1 N–H and O–H groups in total. The van der Waals surface area contributed by atoms with Crippen molar-refractivity contribution in [1.29, 1.82) is 0 Å². The van der Waals surface area contributed by atoms with Crippen LogP contribution in [0.5, 0.6) is 0 Å². The fraction of sp³-hybridized carbons (Fsp3) is 0.778. The Morgan fingerprint density at radius 3 is 2.69 bits per heavy atom. The average Bonchev–Trinajstić information content (AvgIpc) is 2.08. The van der Waals surface area contributed by atoms with E-state index in [0.717, 1.165) is 19.3 Å². The highest BCUT2D eigenvalue weighted by atomic mass is 32.2. The van der Waals surface area contributed by atoms with Crippen molar-refractivity contribution >= 4 is 9.84 Å². The zero-order chi connectivity index (χ0) is 9.90. The summed E-state index contributed by atoms with van der Waals surface area (Å²) in [5.41, 5.74) is 0.621. The van der Waals surface area contributed by atoms with E-state index in [1.807, 2.05) is 0 Å². The molecular weight excluding hydrogens is 188 g/mol. The van der Waals surface area contributed by atoms with E-state index < -0.39 is 9.84 Å². The predicted octanol–water partition coefficient (Wildman–Crippen LogP) is 0.892. The van der Waals surface area contributed by atoms with Crippen LogP contribution in [0.15, 0.2) is 12.2 Å². The summed E-state index contributed by atoms with van der Waals surface area (Å²) in [6, 6.07) is 0. The Morgan fingerprint density at radius 2 is 2.15 bits per heavy atom. The largest absolute Gasteiger partial charge is 0.392 e. The molecule has 1 heterocycles. The molecule has 1 fully saturated rings. The standard InChI is InChI=1S/C9H16O3S/c1-8(7-10)6-9-4-2-3-5-13(9,11)12/h9-10H,1-7H2. The van der Waals surface area contributed by atoms with Gasteiger partial charge in [0.1, 0.15) is 0 Å². The quantitative estimate of drug-likeness (QED) is 0.695. The van der Waals surface area contributed by atoms with Gasteiger partial charge in [0, 0.05) is 0 Å². The molecule has 0 radical (unpaired) electrons. The maximum atomic E-state index is 11.5. The van der Waals surface area contributed by atoms with Crippen molar-refractivity contribution in [3.8, 4) is 0 Å². The highest BCUT2D eigenvalue weighted by Gasteiger charge is 2.28. The van der Waals surface area contributed by atoms with Crippen molar-refractivity contribution in [3.63, 3.8) is 0 Å². The molecule has 4 heteroatoms. The van der Waals surface area contributed by atoms with Gasteiger partial charge in [-0.3, -0.25) is 0 Å². The Morgan fingerprint density at radius 1 is 1.46 bits per heavy atom. The van der Waals surface area contributed by atoms with Gasteiger partial charge in [0.25, 0.3) is 0 Å². The van der Waals surface area contributed by atoms with Crippen LogP contribution in [0.25, 0.3) is 0 Å². The maximum absolute atomic E-state index is 11.5. The molecule has 13 heavy (non-hydrogen) atoms. The Hall–Kier alpha value is -0.350. The minimum Gasteiger partial charge on any atom is -0.392 e. The molecule has 3 nitrogen and oxygen atoms in total. The fourth-order valence-corrected chi connectivity index (χ4v) is 3.59. The number of rotatable bonds is 3. The summed E-state index contributed by atoms with van der Waals surface area (Å²) in [6.07, 6.45) is 2.91. The summed E-state index contributed by atoms with van der Waals surface area (Å²) in [5.74, 6) is 0.302. The molecule has 1 aliphatic rings. The topological polar surface area (TPSA) is 54.4 Å². The molecule has 1 unspecified atom stereocenters. The number of sulfone groups is 1. The van der Waals surface area contributed by atoms with E-state index in [2.05, 4.69) is 6.58 Å². The van der Waals surface area contributed by atoms with Gasteiger partial charge in [-0.25, -0.2) is 8.42 Å². The Labute approximate surface area is 79.4 Å². The lowest BCUT2D eigenvalue weighted by atomic mass is 10.1. The van der Waals surface area contributed by atoms with Gasteiger partial charge in [0.15, 0.2) is 9.84 Å². The molecule has 0 spiro atoms. The summed E-state index contributed by atoms with van der Waals surface area (Å²) < 4.78 is 23.0. The fourth-order valence-electron chi connectivity index (χ4n) is 1.64. The van der Waals surface area contributed by atoms with Crippen molar-refractivity contribution in [2.45, 2.75) is 30.9 Å². The molecule has 0 aromatic heterocycles. The summed E-state index contributed by atoms with van der Waals surface area (Å²) >= 11 is 0. The average molecular weight is 204 g/mol. The van der Waals surface area contributed by atoms with E-state index in [-0.39, 0.29) is 11.9 Å². The van der Waals surface area contributed by atoms with Crippen LogP contribution in [0, 0.1) is 0 Å². The first kappa shape index (κ1) is 10.7. The minimum absolute atomic E-state index is 0.105. The van der Waals surface area contributed by atoms with E-state index in [1.165, 1.54) is 0 Å². The lowest BCUT2D eigenvalue weighted by molar-refractivity contribution is 0.325. The molecular formula is C9H16O3S. The molecule has 0 aromatic carbocycles. The van der Waals surface area contributed by atoms with Gasteiger partial charge in [-0.15, -0.1) is 0 Å². The number of hydrogen-bond acceptors (Lipinski definition) is 3. The van der Waals surface area contributed by atoms with Crippen molar-refractivity contribution in [2.24, 2.45) is 0 Å². The van der Waals surface area contributed by atoms with Gasteiger partial charge < -0.3 is 5.11 Å². The van der Waals surface area contributed by atoms with E-state index in [4.69, 9.17) is 5.11 Å². The second kappa shape index (κ2) is 4.24. The SMILES string of the molecule is C=C(CO)CC1CCCCS1(=O)=O. The molecule has 0 bridgehead atoms. The predicted molar refractivity (Wildman–Crippen MR) is 52.3 cm³/mol. The lowest BCUT2D eigenvalue weighted by Crippen LogP contribution is -2.29. The molecule has 1 saturated heterocycles. The van der Waals surface area contributed by atoms with Gasteiger partial charge in [-0.2, -0.15) is 0 Å². The van der Waals surface area contributed by atoms with Crippen LogP contribution in [-0.4, -0.2) is 31.1 Å². The number of aliphatic hydroxyl groups excluding tert-OH is 1. The zero-order valence-corrected chi connectivity index (χ0v) is 8.52. The Balaban J connectivity index is 2.62. The van der Waals surface area contributed by atoms with Crippen molar-refractivity contribution in [3.05, 3.63) is 12.2 Å². The summed E-state index contributed by atoms with van der Waals surface area (Å²) in [4.78, 5) is 0. The van der Waals surface area contributed by atoms with Crippen molar-refractivity contribution in [2.75, 3.05) is 12.4 Å². The van der Waals surface area contributed by atoms with Crippen LogP contribution in [0.1, 0.15) is 25.7 Å². The Kier molecular flexibility index (Phi) is 3.50. The first-order valence-corrected chi connectivity index (χ1v) is 6.27. The minimum atomic E-state index is -2.90. The number of aliphatic hydroxyl groups is 1. The van der Waals surface area contributed by atoms with E-state index in [0.29, 0.717) is 17.7 Å². The van der Waals surface area contributed by atoms with Gasteiger partial charge >= 0.3 is 0 Å². The van der Waals surface area contributed by atoms with E-state index in [1.54, 1.807) is 0 Å². The molecule has 0 amide bonds. The smallest absolute Gasteiger partial charge is 0.153 e. The Bertz CT molecular complexity index is 279. The molecule has 0 aromatic rings. The third kappa shape index (κ3) is 2.81. The van der Waals surface area contributed by atoms with Gasteiger partial charge in [-0.1, -0.05) is 18.6 Å². The van der Waals surface area contributed by atoms with Crippen LogP contribution in [0.2, 0.25) is 0 Å². The van der Waals surface area contributed by atoms with Gasteiger partial charge in [0.2, 0.25) is 0 Å². The highest BCUT2D eigenvalue weighted by Crippen LogP contribution is 2.24. The molecule has 1 rings (SSSR count). The summed E-state index contributed by atoms with van der Waals surface area (Å²) in [5, 5.41) is 8.45. The second-order valence-electron chi connectivity index (χ2n) is 3.60. The summed E-state index contributed by atoms with van der Waals surface area (Å²) in [7, 11) is -2.90. The zero-order valence-electron chi connectivity index (χ0n) is 7.70. The van der Waals surface area contributed by atoms with Crippen LogP contribution in [0.3, 0.4) is 0 Å². The van der Waals surface area contributed by atoms with Gasteiger partial charge in [-0.05, 0) is 19.3 Å². The summed E-state index contributed by atoms with van der Waals surface area (Å²) in [6.45, 7) is 3.51. The van der Waals surface area contributed by atoms with E-state index >= 15 is 0 Å². The molecule has 1 aliphatic heterocycles. The van der Waals surface area contributed by atoms with Crippen molar-refractivity contribution in [1.82, 2.24) is 0 Å². The third-order valence-corrected chi connectivity index (χ3v) is 4.73. The van der Waals surface area contributed by atoms with Crippen LogP contribution in [-0.2, 0) is 9.84 Å². The third-order valence-electron chi connectivity index (χ3n) is 2.45. The lowest BCUT2D eigenvalue weighted by Gasteiger charge is -2.22. The molecule has 1 atom stereocenters. The first-order chi connectivity index (χ1) is 6.06. The monoisotopic (exact) mass is 204 g/mol. The van der Waals surface area contributed by atoms with E-state index in [9.17, 15) is 8.42 Å². The highest BCUT2D eigenvalue weighted by molar-refractivity contribution is 7.92. The normalized spacial score (nSPS) is 27.0. The molecule has 0 aliphatic carbocycles. The van der Waals surface area contributed by atoms with Crippen LogP contribution < -0.4 is 0 Å². The first-order valence-electron chi connectivity index (χ1n) is 4.55. The maximum Gasteiger partial charge on any atom is 0.153 e. The van der Waals surface area contributed by atoms with Gasteiger partial charge in [0.05, 0.1) is 17.6 Å². The van der Waals surface area contributed by atoms with Crippen LogP contribution >= 0.6 is 0 Å².